The van der Waals surface area contributed by atoms with Crippen molar-refractivity contribution < 1.29 is 8.42 Å². The van der Waals surface area contributed by atoms with Crippen molar-refractivity contribution in [3.63, 3.8) is 0 Å². The first kappa shape index (κ1) is 12.8. The molecule has 0 bridgehead atoms. The van der Waals surface area contributed by atoms with E-state index in [1.54, 1.807) is 12.3 Å². The zero-order valence-corrected chi connectivity index (χ0v) is 11.5. The van der Waals surface area contributed by atoms with Gasteiger partial charge in [0, 0.05) is 11.8 Å². The van der Waals surface area contributed by atoms with E-state index in [0.717, 1.165) is 11.3 Å². The smallest absolute Gasteiger partial charge is 0.274 e. The van der Waals surface area contributed by atoms with Crippen molar-refractivity contribution in [2.45, 2.75) is 5.16 Å². The number of nitrogens with one attached hydrogen (secondary N) is 2. The van der Waals surface area contributed by atoms with E-state index in [4.69, 9.17) is 0 Å². The average Bonchev–Trinajstić information content (AvgIpc) is 2.93. The number of hydrogen-bond acceptors (Lipinski definition) is 4. The maximum Gasteiger partial charge on any atom is 0.274 e. The minimum absolute atomic E-state index is 0.0987. The summed E-state index contributed by atoms with van der Waals surface area (Å²) >= 11 is 0. The Morgan fingerprint density at radius 2 is 2.00 bits per heavy atom. The molecule has 2 heterocycles. The Bertz CT molecular complexity index is 856. The Balaban J connectivity index is 2.26. The van der Waals surface area contributed by atoms with E-state index in [9.17, 15) is 8.42 Å². The van der Waals surface area contributed by atoms with Crippen molar-refractivity contribution in [1.82, 2.24) is 19.7 Å². The molecule has 0 saturated carbocycles. The molecule has 20 heavy (non-hydrogen) atoms. The fourth-order valence-corrected chi connectivity index (χ4v) is 2.62. The molecule has 0 aliphatic carbocycles. The van der Waals surface area contributed by atoms with Crippen LogP contribution in [-0.2, 0) is 10.0 Å². The van der Waals surface area contributed by atoms with Crippen LogP contribution in [0.4, 0.5) is 0 Å². The first-order valence-corrected chi connectivity index (χ1v) is 7.44. The monoisotopic (exact) mass is 288 g/mol. The molecule has 2 N–H and O–H groups in total. The number of rotatable bonds is 3. The molecule has 0 amide bonds. The Morgan fingerprint density at radius 1 is 1.15 bits per heavy atom. The first-order chi connectivity index (χ1) is 9.62. The third kappa shape index (κ3) is 2.06. The standard InChI is InChI=1S/C13H12N4O2S/c1-14-20(18,19)13-16-11-7-4-5-9(12(11)17-13)10-6-2-3-8-15-10/h2-8,14H,1H3,(H,16,17). The fraction of sp³-hybridized carbons (Fsp3) is 0.0769. The highest BCUT2D eigenvalue weighted by Gasteiger charge is 2.18. The van der Waals surface area contributed by atoms with Gasteiger partial charge in [-0.3, -0.25) is 4.98 Å². The summed E-state index contributed by atoms with van der Waals surface area (Å²) in [6.45, 7) is 0. The van der Waals surface area contributed by atoms with Crippen LogP contribution >= 0.6 is 0 Å². The van der Waals surface area contributed by atoms with Crippen LogP contribution in [0.5, 0.6) is 0 Å². The quantitative estimate of drug-likeness (QED) is 0.765. The lowest BCUT2D eigenvalue weighted by molar-refractivity contribution is 0.581. The van der Waals surface area contributed by atoms with Crippen molar-refractivity contribution >= 4 is 21.1 Å². The summed E-state index contributed by atoms with van der Waals surface area (Å²) < 4.78 is 25.8. The summed E-state index contributed by atoms with van der Waals surface area (Å²) in [5, 5.41) is -0.0987. The van der Waals surface area contributed by atoms with Crippen LogP contribution in [0.15, 0.2) is 47.8 Å². The van der Waals surface area contributed by atoms with Crippen molar-refractivity contribution in [2.75, 3.05) is 7.05 Å². The predicted molar refractivity (Wildman–Crippen MR) is 75.6 cm³/mol. The zero-order valence-electron chi connectivity index (χ0n) is 10.7. The number of hydrogen-bond donors (Lipinski definition) is 2. The summed E-state index contributed by atoms with van der Waals surface area (Å²) in [6, 6.07) is 11.0. The topological polar surface area (TPSA) is 87.7 Å². The van der Waals surface area contributed by atoms with Crippen LogP contribution < -0.4 is 4.72 Å². The number of pyridine rings is 1. The Morgan fingerprint density at radius 3 is 2.70 bits per heavy atom. The molecule has 0 radical (unpaired) electrons. The SMILES string of the molecule is CNS(=O)(=O)c1nc2cccc(-c3ccccn3)c2[nH]1. The van der Waals surface area contributed by atoms with Gasteiger partial charge in [-0.1, -0.05) is 18.2 Å². The van der Waals surface area contributed by atoms with Gasteiger partial charge in [0.1, 0.15) is 0 Å². The fourth-order valence-electron chi connectivity index (χ4n) is 1.97. The molecule has 102 valence electrons. The molecule has 0 aliphatic rings. The molecule has 0 spiro atoms. The van der Waals surface area contributed by atoms with Crippen LogP contribution in [0.25, 0.3) is 22.3 Å². The predicted octanol–water partition coefficient (Wildman–Crippen LogP) is 1.53. The van der Waals surface area contributed by atoms with Gasteiger partial charge in [0.2, 0.25) is 5.16 Å². The number of H-pyrrole nitrogens is 1. The van der Waals surface area contributed by atoms with Gasteiger partial charge in [-0.05, 0) is 25.2 Å². The minimum atomic E-state index is -3.60. The maximum atomic E-state index is 11.8. The Labute approximate surface area is 115 Å². The van der Waals surface area contributed by atoms with Crippen molar-refractivity contribution in [1.29, 1.82) is 0 Å². The highest BCUT2D eigenvalue weighted by molar-refractivity contribution is 7.89. The Kier molecular flexibility index (Phi) is 3.00. The maximum absolute atomic E-state index is 11.8. The number of imidazole rings is 1. The van der Waals surface area contributed by atoms with E-state index >= 15 is 0 Å². The lowest BCUT2D eigenvalue weighted by atomic mass is 10.1. The largest absolute Gasteiger partial charge is 0.327 e. The molecule has 0 fully saturated rings. The average molecular weight is 288 g/mol. The summed E-state index contributed by atoms with van der Waals surface area (Å²) in [6.07, 6.45) is 1.69. The van der Waals surface area contributed by atoms with Gasteiger partial charge in [0.05, 0.1) is 16.7 Å². The molecular formula is C13H12N4O2S. The highest BCUT2D eigenvalue weighted by Crippen LogP contribution is 2.26. The van der Waals surface area contributed by atoms with E-state index < -0.39 is 10.0 Å². The number of aromatic amines is 1. The number of fused-ring (bicyclic) bond motifs is 1. The minimum Gasteiger partial charge on any atom is -0.327 e. The molecule has 6 nitrogen and oxygen atoms in total. The second-order valence-electron chi connectivity index (χ2n) is 4.16. The van der Waals surface area contributed by atoms with Crippen LogP contribution in [0.2, 0.25) is 0 Å². The molecule has 0 unspecified atom stereocenters. The number of aromatic nitrogens is 3. The number of sulfonamides is 1. The molecule has 0 atom stereocenters. The first-order valence-electron chi connectivity index (χ1n) is 5.95. The van der Waals surface area contributed by atoms with Crippen LogP contribution in [0, 0.1) is 0 Å². The zero-order chi connectivity index (χ0) is 14.2. The Hall–Kier alpha value is -2.25. The van der Waals surface area contributed by atoms with Crippen molar-refractivity contribution in [2.24, 2.45) is 0 Å². The lowest BCUT2D eigenvalue weighted by Gasteiger charge is -2.01. The third-order valence-electron chi connectivity index (χ3n) is 2.96. The molecule has 2 aromatic heterocycles. The van der Waals surface area contributed by atoms with Crippen molar-refractivity contribution in [3.8, 4) is 11.3 Å². The van der Waals surface area contributed by atoms with Gasteiger partial charge < -0.3 is 4.98 Å². The summed E-state index contributed by atoms with van der Waals surface area (Å²) in [7, 11) is -2.25. The lowest BCUT2D eigenvalue weighted by Crippen LogP contribution is -2.19. The number of para-hydroxylation sites is 1. The molecule has 0 saturated heterocycles. The van der Waals surface area contributed by atoms with Crippen LogP contribution in [0.3, 0.4) is 0 Å². The number of nitrogens with zero attached hydrogens (tertiary/aromatic N) is 2. The van der Waals surface area contributed by atoms with Gasteiger partial charge in [-0.2, -0.15) is 0 Å². The summed E-state index contributed by atoms with van der Waals surface area (Å²) in [5.74, 6) is 0. The highest BCUT2D eigenvalue weighted by atomic mass is 32.2. The van der Waals surface area contributed by atoms with Gasteiger partial charge in [-0.25, -0.2) is 18.1 Å². The van der Waals surface area contributed by atoms with Gasteiger partial charge in [0.15, 0.2) is 0 Å². The molecule has 7 heteroatoms. The van der Waals surface area contributed by atoms with Gasteiger partial charge in [-0.15, -0.1) is 0 Å². The second kappa shape index (κ2) is 4.69. The third-order valence-corrected chi connectivity index (χ3v) is 4.20. The van der Waals surface area contributed by atoms with Crippen LogP contribution in [0.1, 0.15) is 0 Å². The van der Waals surface area contributed by atoms with Crippen molar-refractivity contribution in [3.05, 3.63) is 42.6 Å². The summed E-state index contributed by atoms with van der Waals surface area (Å²) in [4.78, 5) is 11.2. The van der Waals surface area contributed by atoms with E-state index in [0.29, 0.717) is 11.0 Å². The molecule has 3 aromatic rings. The molecule has 0 aliphatic heterocycles. The molecular weight excluding hydrogens is 276 g/mol. The van der Waals surface area contributed by atoms with Crippen LogP contribution in [-0.4, -0.2) is 30.4 Å². The van der Waals surface area contributed by atoms with E-state index in [1.807, 2.05) is 30.3 Å². The normalized spacial score (nSPS) is 11.8. The van der Waals surface area contributed by atoms with E-state index in [2.05, 4.69) is 19.7 Å². The van der Waals surface area contributed by atoms with E-state index in [1.165, 1.54) is 7.05 Å². The van der Waals surface area contributed by atoms with E-state index in [-0.39, 0.29) is 5.16 Å². The molecule has 1 aromatic carbocycles. The number of benzene rings is 1. The molecule has 3 rings (SSSR count). The van der Waals surface area contributed by atoms with Gasteiger partial charge >= 0.3 is 0 Å². The van der Waals surface area contributed by atoms with Gasteiger partial charge in [0.25, 0.3) is 10.0 Å². The second-order valence-corrected chi connectivity index (χ2v) is 5.97. The summed E-state index contributed by atoms with van der Waals surface area (Å²) in [5.41, 5.74) is 2.81.